The Kier molecular flexibility index (Phi) is 3.46. The molecule has 2 rings (SSSR count). The third-order valence-electron chi connectivity index (χ3n) is 3.48. The Labute approximate surface area is 109 Å². The zero-order valence-electron chi connectivity index (χ0n) is 11.9. The van der Waals surface area contributed by atoms with Crippen LogP contribution in [0.15, 0.2) is 0 Å². The highest BCUT2D eigenvalue weighted by Crippen LogP contribution is 2.39. The van der Waals surface area contributed by atoms with E-state index in [1.54, 1.807) is 0 Å². The van der Waals surface area contributed by atoms with Gasteiger partial charge in [-0.3, -0.25) is 0 Å². The molecule has 1 aliphatic carbocycles. The Balaban J connectivity index is 2.25. The Bertz CT molecular complexity index is 436. The Morgan fingerprint density at radius 3 is 2.56 bits per heavy atom. The third-order valence-corrected chi connectivity index (χ3v) is 3.48. The van der Waals surface area contributed by atoms with E-state index in [0.717, 1.165) is 30.0 Å². The number of nitrogen functional groups attached to an aromatic ring is 1. The van der Waals surface area contributed by atoms with Gasteiger partial charge in [-0.15, -0.1) is 0 Å². The van der Waals surface area contributed by atoms with Crippen LogP contribution in [0.3, 0.4) is 0 Å². The van der Waals surface area contributed by atoms with Crippen LogP contribution in [0.2, 0.25) is 0 Å². The SMILES string of the molecule is CCCC(C)(C)Nc1nc(C2CC2)nc(N)c1C. The monoisotopic (exact) mass is 248 g/mol. The predicted molar refractivity (Wildman–Crippen MR) is 75.8 cm³/mol. The highest BCUT2D eigenvalue weighted by atomic mass is 15.1. The van der Waals surface area contributed by atoms with Crippen molar-refractivity contribution in [3.8, 4) is 0 Å². The quantitative estimate of drug-likeness (QED) is 0.839. The van der Waals surface area contributed by atoms with Gasteiger partial charge in [-0.1, -0.05) is 13.3 Å². The van der Waals surface area contributed by atoms with Gasteiger partial charge >= 0.3 is 0 Å². The molecular weight excluding hydrogens is 224 g/mol. The molecule has 0 saturated heterocycles. The molecule has 3 N–H and O–H groups in total. The molecule has 1 aromatic rings. The second-order valence-corrected chi connectivity index (χ2v) is 5.97. The number of rotatable bonds is 5. The molecule has 0 spiro atoms. The van der Waals surface area contributed by atoms with E-state index < -0.39 is 0 Å². The van der Waals surface area contributed by atoms with Gasteiger partial charge in [0.2, 0.25) is 0 Å². The molecule has 0 atom stereocenters. The van der Waals surface area contributed by atoms with Gasteiger partial charge in [0.15, 0.2) is 0 Å². The first-order valence-electron chi connectivity index (χ1n) is 6.85. The first-order valence-corrected chi connectivity index (χ1v) is 6.85. The molecule has 0 aliphatic heterocycles. The summed E-state index contributed by atoms with van der Waals surface area (Å²) in [7, 11) is 0. The van der Waals surface area contributed by atoms with Crippen LogP contribution in [0.4, 0.5) is 11.6 Å². The third kappa shape index (κ3) is 2.92. The van der Waals surface area contributed by atoms with Crippen molar-refractivity contribution in [2.45, 2.75) is 64.8 Å². The smallest absolute Gasteiger partial charge is 0.136 e. The van der Waals surface area contributed by atoms with E-state index in [4.69, 9.17) is 5.73 Å². The summed E-state index contributed by atoms with van der Waals surface area (Å²) in [5, 5.41) is 3.52. The molecule has 4 heteroatoms. The molecule has 100 valence electrons. The van der Waals surface area contributed by atoms with E-state index in [-0.39, 0.29) is 5.54 Å². The van der Waals surface area contributed by atoms with Gasteiger partial charge in [0.1, 0.15) is 17.5 Å². The maximum Gasteiger partial charge on any atom is 0.136 e. The maximum absolute atomic E-state index is 5.99. The van der Waals surface area contributed by atoms with Gasteiger partial charge < -0.3 is 11.1 Å². The molecule has 1 aromatic heterocycles. The molecule has 0 aromatic carbocycles. The Hall–Kier alpha value is -1.32. The first-order chi connectivity index (χ1) is 8.43. The topological polar surface area (TPSA) is 63.8 Å². The zero-order valence-corrected chi connectivity index (χ0v) is 11.9. The normalized spacial score (nSPS) is 15.8. The lowest BCUT2D eigenvalue weighted by molar-refractivity contribution is 0.508. The van der Waals surface area contributed by atoms with Crippen molar-refractivity contribution in [2.24, 2.45) is 0 Å². The summed E-state index contributed by atoms with van der Waals surface area (Å²) in [6.45, 7) is 8.58. The van der Waals surface area contributed by atoms with Crippen molar-refractivity contribution in [2.75, 3.05) is 11.1 Å². The minimum atomic E-state index is 0.0428. The van der Waals surface area contributed by atoms with Gasteiger partial charge in [-0.05, 0) is 40.0 Å². The molecule has 0 unspecified atom stereocenters. The average Bonchev–Trinajstić information content (AvgIpc) is 3.07. The van der Waals surface area contributed by atoms with E-state index in [9.17, 15) is 0 Å². The van der Waals surface area contributed by atoms with Crippen LogP contribution in [0.1, 0.15) is 63.8 Å². The molecule has 1 saturated carbocycles. The Morgan fingerprint density at radius 2 is 2.00 bits per heavy atom. The van der Waals surface area contributed by atoms with E-state index in [1.807, 2.05) is 6.92 Å². The van der Waals surface area contributed by atoms with Crippen molar-refractivity contribution in [1.82, 2.24) is 9.97 Å². The molecule has 4 nitrogen and oxygen atoms in total. The molecule has 1 heterocycles. The van der Waals surface area contributed by atoms with Gasteiger partial charge in [0.05, 0.1) is 0 Å². The molecule has 1 fully saturated rings. The van der Waals surface area contributed by atoms with Crippen molar-refractivity contribution in [3.05, 3.63) is 11.4 Å². The highest BCUT2D eigenvalue weighted by Gasteiger charge is 2.28. The van der Waals surface area contributed by atoms with Gasteiger partial charge in [-0.2, -0.15) is 0 Å². The number of hydrogen-bond acceptors (Lipinski definition) is 4. The number of anilines is 2. The van der Waals surface area contributed by atoms with Gasteiger partial charge in [0.25, 0.3) is 0 Å². The van der Waals surface area contributed by atoms with Gasteiger partial charge in [-0.25, -0.2) is 9.97 Å². The van der Waals surface area contributed by atoms with Crippen LogP contribution >= 0.6 is 0 Å². The van der Waals surface area contributed by atoms with Crippen LogP contribution in [0, 0.1) is 6.92 Å². The fourth-order valence-electron chi connectivity index (χ4n) is 2.21. The summed E-state index contributed by atoms with van der Waals surface area (Å²) in [6.07, 6.45) is 4.64. The number of nitrogens with zero attached hydrogens (tertiary/aromatic N) is 2. The standard InChI is InChI=1S/C14H24N4/c1-5-8-14(3,4)18-12-9(2)11(15)16-13(17-12)10-6-7-10/h10H,5-8H2,1-4H3,(H3,15,16,17,18). The maximum atomic E-state index is 5.99. The lowest BCUT2D eigenvalue weighted by Gasteiger charge is -2.27. The van der Waals surface area contributed by atoms with Crippen LogP contribution in [0.5, 0.6) is 0 Å². The van der Waals surface area contributed by atoms with Crippen molar-refractivity contribution >= 4 is 11.6 Å². The molecule has 0 bridgehead atoms. The Morgan fingerprint density at radius 1 is 1.33 bits per heavy atom. The van der Waals surface area contributed by atoms with Crippen LogP contribution in [-0.2, 0) is 0 Å². The summed E-state index contributed by atoms with van der Waals surface area (Å²) in [5.74, 6) is 2.96. The van der Waals surface area contributed by atoms with Crippen molar-refractivity contribution in [1.29, 1.82) is 0 Å². The second-order valence-electron chi connectivity index (χ2n) is 5.97. The zero-order chi connectivity index (χ0) is 13.3. The minimum absolute atomic E-state index is 0.0428. The van der Waals surface area contributed by atoms with E-state index in [2.05, 4.69) is 36.1 Å². The minimum Gasteiger partial charge on any atom is -0.383 e. The largest absolute Gasteiger partial charge is 0.383 e. The number of hydrogen-bond donors (Lipinski definition) is 2. The van der Waals surface area contributed by atoms with Crippen molar-refractivity contribution in [3.63, 3.8) is 0 Å². The molecule has 0 radical (unpaired) electrons. The second kappa shape index (κ2) is 4.75. The molecule has 0 amide bonds. The average molecular weight is 248 g/mol. The van der Waals surface area contributed by atoms with E-state index >= 15 is 0 Å². The summed E-state index contributed by atoms with van der Waals surface area (Å²) in [5.41, 5.74) is 6.99. The lowest BCUT2D eigenvalue weighted by atomic mass is 9.99. The fourth-order valence-corrected chi connectivity index (χ4v) is 2.21. The predicted octanol–water partition coefficient (Wildman–Crippen LogP) is 3.24. The summed E-state index contributed by atoms with van der Waals surface area (Å²) < 4.78 is 0. The van der Waals surface area contributed by atoms with E-state index in [0.29, 0.717) is 11.7 Å². The van der Waals surface area contributed by atoms with Crippen LogP contribution in [0.25, 0.3) is 0 Å². The number of nitrogens with two attached hydrogens (primary N) is 1. The highest BCUT2D eigenvalue weighted by molar-refractivity contribution is 5.56. The van der Waals surface area contributed by atoms with Crippen LogP contribution < -0.4 is 11.1 Å². The lowest BCUT2D eigenvalue weighted by Crippen LogP contribution is -2.31. The summed E-state index contributed by atoms with van der Waals surface area (Å²) >= 11 is 0. The molecular formula is C14H24N4. The number of aromatic nitrogens is 2. The molecule has 1 aliphatic rings. The van der Waals surface area contributed by atoms with Gasteiger partial charge in [0, 0.05) is 17.0 Å². The molecule has 18 heavy (non-hydrogen) atoms. The summed E-state index contributed by atoms with van der Waals surface area (Å²) in [4.78, 5) is 9.06. The summed E-state index contributed by atoms with van der Waals surface area (Å²) in [6, 6.07) is 0. The number of nitrogens with one attached hydrogen (secondary N) is 1. The van der Waals surface area contributed by atoms with Crippen LogP contribution in [-0.4, -0.2) is 15.5 Å². The first kappa shape index (κ1) is 13.1. The fraction of sp³-hybridized carbons (Fsp3) is 0.714. The van der Waals surface area contributed by atoms with Crippen molar-refractivity contribution < 1.29 is 0 Å². The van der Waals surface area contributed by atoms with E-state index in [1.165, 1.54) is 12.8 Å².